The summed E-state index contributed by atoms with van der Waals surface area (Å²) in [5.74, 6) is 0. The van der Waals surface area contributed by atoms with Gasteiger partial charge < -0.3 is 5.73 Å². The van der Waals surface area contributed by atoms with Crippen molar-refractivity contribution in [2.24, 2.45) is 5.73 Å². The Bertz CT molecular complexity index is 191. The predicted octanol–water partition coefficient (Wildman–Crippen LogP) is 1.38. The summed E-state index contributed by atoms with van der Waals surface area (Å²) in [6.45, 7) is 4.85. The SMILES string of the molecule is CC(C)(CN)c1cscn1. The number of thiazole rings is 1. The van der Waals surface area contributed by atoms with E-state index in [1.54, 1.807) is 11.3 Å². The highest BCUT2D eigenvalue weighted by molar-refractivity contribution is 7.07. The molecule has 10 heavy (non-hydrogen) atoms. The monoisotopic (exact) mass is 156 g/mol. The van der Waals surface area contributed by atoms with Crippen molar-refractivity contribution >= 4 is 11.3 Å². The number of nitrogens with zero attached hydrogens (tertiary/aromatic N) is 1. The zero-order valence-electron chi connectivity index (χ0n) is 6.29. The molecule has 0 fully saturated rings. The molecule has 0 spiro atoms. The van der Waals surface area contributed by atoms with Gasteiger partial charge in [0.1, 0.15) is 0 Å². The first-order chi connectivity index (χ1) is 4.67. The Balaban J connectivity index is 2.85. The van der Waals surface area contributed by atoms with Gasteiger partial charge in [0, 0.05) is 17.3 Å². The van der Waals surface area contributed by atoms with Gasteiger partial charge in [0.2, 0.25) is 0 Å². The minimum absolute atomic E-state index is 0.0417. The van der Waals surface area contributed by atoms with Crippen molar-refractivity contribution in [2.45, 2.75) is 19.3 Å². The van der Waals surface area contributed by atoms with Crippen molar-refractivity contribution in [3.8, 4) is 0 Å². The summed E-state index contributed by atoms with van der Waals surface area (Å²) >= 11 is 1.62. The van der Waals surface area contributed by atoms with Gasteiger partial charge in [-0.1, -0.05) is 13.8 Å². The lowest BCUT2D eigenvalue weighted by Gasteiger charge is -2.18. The lowest BCUT2D eigenvalue weighted by atomic mass is 9.91. The second-order valence-corrected chi connectivity index (χ2v) is 3.68. The third-order valence-corrected chi connectivity index (χ3v) is 2.22. The second-order valence-electron chi connectivity index (χ2n) is 2.96. The Morgan fingerprint density at radius 2 is 2.40 bits per heavy atom. The molecule has 0 saturated heterocycles. The van der Waals surface area contributed by atoms with E-state index in [9.17, 15) is 0 Å². The van der Waals surface area contributed by atoms with Crippen molar-refractivity contribution in [1.29, 1.82) is 0 Å². The van der Waals surface area contributed by atoms with Crippen LogP contribution in [0, 0.1) is 0 Å². The fourth-order valence-electron chi connectivity index (χ4n) is 0.651. The summed E-state index contributed by atoms with van der Waals surface area (Å²) in [5, 5.41) is 2.05. The maximum absolute atomic E-state index is 5.56. The molecule has 0 aliphatic carbocycles. The lowest BCUT2D eigenvalue weighted by Crippen LogP contribution is -2.28. The predicted molar refractivity (Wildman–Crippen MR) is 44.2 cm³/mol. The molecule has 0 saturated carbocycles. The minimum atomic E-state index is 0.0417. The molecule has 1 heterocycles. The number of hydrogen-bond donors (Lipinski definition) is 1. The molecule has 2 nitrogen and oxygen atoms in total. The fraction of sp³-hybridized carbons (Fsp3) is 0.571. The van der Waals surface area contributed by atoms with E-state index in [2.05, 4.69) is 18.8 Å². The molecule has 0 aromatic carbocycles. The Kier molecular flexibility index (Phi) is 2.06. The van der Waals surface area contributed by atoms with Crippen LogP contribution < -0.4 is 5.73 Å². The molecule has 1 aromatic rings. The van der Waals surface area contributed by atoms with Gasteiger partial charge in [-0.05, 0) is 0 Å². The van der Waals surface area contributed by atoms with Crippen molar-refractivity contribution in [1.82, 2.24) is 4.98 Å². The molecule has 1 rings (SSSR count). The normalized spacial score (nSPS) is 11.9. The average molecular weight is 156 g/mol. The highest BCUT2D eigenvalue weighted by Gasteiger charge is 2.19. The molecule has 0 bridgehead atoms. The molecule has 0 aliphatic rings. The van der Waals surface area contributed by atoms with Gasteiger partial charge in [-0.2, -0.15) is 0 Å². The highest BCUT2D eigenvalue weighted by atomic mass is 32.1. The van der Waals surface area contributed by atoms with Gasteiger partial charge in [-0.25, -0.2) is 4.98 Å². The van der Waals surface area contributed by atoms with Crippen LogP contribution in [0.5, 0.6) is 0 Å². The summed E-state index contributed by atoms with van der Waals surface area (Å²) in [4.78, 5) is 4.20. The van der Waals surface area contributed by atoms with Crippen LogP contribution in [0.15, 0.2) is 10.9 Å². The van der Waals surface area contributed by atoms with Crippen LogP contribution in [-0.2, 0) is 5.41 Å². The van der Waals surface area contributed by atoms with Crippen molar-refractivity contribution < 1.29 is 0 Å². The van der Waals surface area contributed by atoms with Crippen molar-refractivity contribution in [3.63, 3.8) is 0 Å². The maximum Gasteiger partial charge on any atom is 0.0794 e. The summed E-state index contributed by atoms with van der Waals surface area (Å²) in [6.07, 6.45) is 0. The first-order valence-electron chi connectivity index (χ1n) is 3.25. The molecule has 0 unspecified atom stereocenters. The van der Waals surface area contributed by atoms with Crippen LogP contribution in [0.1, 0.15) is 19.5 Å². The van der Waals surface area contributed by atoms with E-state index < -0.39 is 0 Å². The molecule has 56 valence electrons. The maximum atomic E-state index is 5.56. The first kappa shape index (κ1) is 7.69. The first-order valence-corrected chi connectivity index (χ1v) is 4.20. The molecule has 1 aromatic heterocycles. The fourth-order valence-corrected chi connectivity index (χ4v) is 1.40. The van der Waals surface area contributed by atoms with Crippen LogP contribution in [0.2, 0.25) is 0 Å². The smallest absolute Gasteiger partial charge is 0.0794 e. The standard InChI is InChI=1S/C7H12N2S/c1-7(2,4-8)6-3-10-5-9-6/h3,5H,4,8H2,1-2H3. The minimum Gasteiger partial charge on any atom is -0.330 e. The Labute approximate surface area is 65.1 Å². The molecular weight excluding hydrogens is 144 g/mol. The quantitative estimate of drug-likeness (QED) is 0.702. The summed E-state index contributed by atoms with van der Waals surface area (Å²) < 4.78 is 0. The molecular formula is C7H12N2S. The lowest BCUT2D eigenvalue weighted by molar-refractivity contribution is 0.525. The third-order valence-electron chi connectivity index (χ3n) is 1.64. The Morgan fingerprint density at radius 3 is 2.80 bits per heavy atom. The van der Waals surface area contributed by atoms with Gasteiger partial charge >= 0.3 is 0 Å². The van der Waals surface area contributed by atoms with Gasteiger partial charge in [-0.15, -0.1) is 11.3 Å². The largest absolute Gasteiger partial charge is 0.330 e. The molecule has 0 radical (unpaired) electrons. The van der Waals surface area contributed by atoms with Crippen LogP contribution in [0.3, 0.4) is 0 Å². The molecule has 0 aliphatic heterocycles. The highest BCUT2D eigenvalue weighted by Crippen LogP contribution is 2.20. The van der Waals surface area contributed by atoms with E-state index in [0.717, 1.165) is 5.69 Å². The Hall–Kier alpha value is -0.410. The molecule has 3 heteroatoms. The van der Waals surface area contributed by atoms with Crippen molar-refractivity contribution in [3.05, 3.63) is 16.6 Å². The van der Waals surface area contributed by atoms with E-state index in [-0.39, 0.29) is 5.41 Å². The van der Waals surface area contributed by atoms with Gasteiger partial charge in [0.15, 0.2) is 0 Å². The van der Waals surface area contributed by atoms with Crippen molar-refractivity contribution in [2.75, 3.05) is 6.54 Å². The number of aromatic nitrogens is 1. The van der Waals surface area contributed by atoms with E-state index in [1.165, 1.54) is 0 Å². The number of rotatable bonds is 2. The summed E-state index contributed by atoms with van der Waals surface area (Å²) in [7, 11) is 0. The van der Waals surface area contributed by atoms with Gasteiger partial charge in [0.25, 0.3) is 0 Å². The zero-order chi connectivity index (χ0) is 7.61. The summed E-state index contributed by atoms with van der Waals surface area (Å²) in [5.41, 5.74) is 8.54. The van der Waals surface area contributed by atoms with Gasteiger partial charge in [-0.3, -0.25) is 0 Å². The number of hydrogen-bond acceptors (Lipinski definition) is 3. The van der Waals surface area contributed by atoms with E-state index in [4.69, 9.17) is 5.73 Å². The van der Waals surface area contributed by atoms with E-state index in [1.807, 2.05) is 10.9 Å². The zero-order valence-corrected chi connectivity index (χ0v) is 7.11. The number of nitrogens with two attached hydrogens (primary N) is 1. The third kappa shape index (κ3) is 1.36. The molecule has 0 atom stereocenters. The van der Waals surface area contributed by atoms with E-state index in [0.29, 0.717) is 6.54 Å². The topological polar surface area (TPSA) is 38.9 Å². The average Bonchev–Trinajstić information content (AvgIpc) is 2.38. The Morgan fingerprint density at radius 1 is 1.70 bits per heavy atom. The van der Waals surface area contributed by atoms with Crippen LogP contribution in [0.25, 0.3) is 0 Å². The van der Waals surface area contributed by atoms with Crippen LogP contribution in [0.4, 0.5) is 0 Å². The molecule has 2 N–H and O–H groups in total. The summed E-state index contributed by atoms with van der Waals surface area (Å²) in [6, 6.07) is 0. The van der Waals surface area contributed by atoms with Gasteiger partial charge in [0.05, 0.1) is 11.2 Å². The van der Waals surface area contributed by atoms with E-state index >= 15 is 0 Å². The van der Waals surface area contributed by atoms with Crippen LogP contribution in [-0.4, -0.2) is 11.5 Å². The molecule has 0 amide bonds. The van der Waals surface area contributed by atoms with Crippen LogP contribution >= 0.6 is 11.3 Å². The second kappa shape index (κ2) is 2.68.